The lowest BCUT2D eigenvalue weighted by atomic mass is 10.9. The van der Waals surface area contributed by atoms with E-state index in [4.69, 9.17) is 5.73 Å². The summed E-state index contributed by atoms with van der Waals surface area (Å²) in [4.78, 5) is 14.2. The summed E-state index contributed by atoms with van der Waals surface area (Å²) in [5.41, 5.74) is 5.17. The molecule has 1 heterocycles. The van der Waals surface area contributed by atoms with Gasteiger partial charge in [-0.25, -0.2) is 9.89 Å². The number of carbonyl (C=O) groups is 1. The van der Waals surface area contributed by atoms with Gasteiger partial charge < -0.3 is 15.2 Å². The van der Waals surface area contributed by atoms with Gasteiger partial charge in [-0.15, -0.1) is 5.10 Å². The molecule has 0 bridgehead atoms. The Hall–Kier alpha value is -1.79. The summed E-state index contributed by atoms with van der Waals surface area (Å²) in [6.07, 6.45) is -0.850. The Morgan fingerprint density at radius 3 is 3.00 bits per heavy atom. The number of nitrogens with zero attached hydrogens (tertiary/aromatic N) is 2. The molecule has 0 radical (unpaired) electrons. The largest absolute Gasteiger partial charge is 0.516 e. The molecule has 0 spiro atoms. The number of hydrogen-bond donors (Lipinski definition) is 2. The van der Waals surface area contributed by atoms with Crippen LogP contribution in [0, 0.1) is 0 Å². The van der Waals surface area contributed by atoms with Crippen LogP contribution >= 0.6 is 0 Å². The Morgan fingerprint density at radius 1 is 1.75 bits per heavy atom. The molecule has 0 saturated heterocycles. The van der Waals surface area contributed by atoms with Gasteiger partial charge in [-0.2, -0.15) is 4.98 Å². The number of hydrogen-bond acceptors (Lipinski definition) is 6. The average Bonchev–Trinajstić information content (AvgIpc) is 2.36. The van der Waals surface area contributed by atoms with E-state index in [1.54, 1.807) is 6.92 Å². The van der Waals surface area contributed by atoms with Crippen LogP contribution in [0.25, 0.3) is 0 Å². The molecule has 1 rings (SSSR count). The van der Waals surface area contributed by atoms with Crippen LogP contribution in [-0.2, 0) is 4.74 Å². The van der Waals surface area contributed by atoms with Crippen LogP contribution in [0.4, 0.5) is 10.7 Å². The molecule has 0 aliphatic carbocycles. The number of nitrogens with two attached hydrogens (primary N) is 1. The second-order valence-electron chi connectivity index (χ2n) is 1.79. The van der Waals surface area contributed by atoms with Gasteiger partial charge in [0.1, 0.15) is 0 Å². The molecule has 7 nitrogen and oxygen atoms in total. The van der Waals surface area contributed by atoms with Gasteiger partial charge >= 0.3 is 12.2 Å². The summed E-state index contributed by atoms with van der Waals surface area (Å²) in [6, 6.07) is -0.147. The predicted molar refractivity (Wildman–Crippen MR) is 38.4 cm³/mol. The standard InChI is InChI=1S/C5H8N4O3/c1-2-11-5(10)12-4-7-3(6)8-9-4/h2H2,1H3,(H3,6,7,8,9). The highest BCUT2D eigenvalue weighted by Crippen LogP contribution is 2.02. The van der Waals surface area contributed by atoms with E-state index in [2.05, 4.69) is 24.7 Å². The molecule has 0 aromatic carbocycles. The molecule has 7 heteroatoms. The molecule has 12 heavy (non-hydrogen) atoms. The third kappa shape index (κ3) is 2.11. The van der Waals surface area contributed by atoms with Crippen LogP contribution in [0.5, 0.6) is 6.01 Å². The molecule has 0 fully saturated rings. The van der Waals surface area contributed by atoms with Gasteiger partial charge in [0.15, 0.2) is 0 Å². The quantitative estimate of drug-likeness (QED) is 0.605. The van der Waals surface area contributed by atoms with E-state index in [0.717, 1.165) is 0 Å². The number of H-pyrrole nitrogens is 1. The van der Waals surface area contributed by atoms with Crippen molar-refractivity contribution in [2.24, 2.45) is 0 Å². The number of nitrogens with one attached hydrogen (secondary N) is 1. The van der Waals surface area contributed by atoms with Crippen molar-refractivity contribution in [1.29, 1.82) is 0 Å². The zero-order valence-corrected chi connectivity index (χ0v) is 6.40. The first kappa shape index (κ1) is 8.31. The van der Waals surface area contributed by atoms with Crippen molar-refractivity contribution in [2.75, 3.05) is 12.3 Å². The molecule has 0 aliphatic heterocycles. The minimum atomic E-state index is -0.850. The van der Waals surface area contributed by atoms with Crippen LogP contribution in [0.1, 0.15) is 6.92 Å². The molecule has 1 aromatic rings. The Morgan fingerprint density at radius 2 is 2.50 bits per heavy atom. The van der Waals surface area contributed by atoms with Gasteiger partial charge in [0.2, 0.25) is 5.95 Å². The van der Waals surface area contributed by atoms with Crippen LogP contribution in [0.2, 0.25) is 0 Å². The predicted octanol–water partition coefficient (Wildman–Crippen LogP) is -0.0778. The Labute approximate surface area is 67.9 Å². The maximum atomic E-state index is 10.6. The van der Waals surface area contributed by atoms with Crippen molar-refractivity contribution in [3.8, 4) is 6.01 Å². The highest BCUT2D eigenvalue weighted by Gasteiger charge is 2.08. The highest BCUT2D eigenvalue weighted by atomic mass is 16.7. The third-order valence-corrected chi connectivity index (χ3v) is 0.919. The molecule has 0 aliphatic rings. The van der Waals surface area contributed by atoms with Crippen molar-refractivity contribution in [3.05, 3.63) is 0 Å². The second-order valence-corrected chi connectivity index (χ2v) is 1.79. The van der Waals surface area contributed by atoms with Gasteiger partial charge in [0.05, 0.1) is 6.61 Å². The Kier molecular flexibility index (Phi) is 2.46. The summed E-state index contributed by atoms with van der Waals surface area (Å²) in [6.45, 7) is 1.90. The number of aromatic nitrogens is 3. The summed E-state index contributed by atoms with van der Waals surface area (Å²) < 4.78 is 8.94. The Balaban J connectivity index is 2.46. The van der Waals surface area contributed by atoms with Gasteiger partial charge in [-0.05, 0) is 6.92 Å². The fourth-order valence-corrected chi connectivity index (χ4v) is 0.526. The van der Waals surface area contributed by atoms with Crippen molar-refractivity contribution in [1.82, 2.24) is 15.2 Å². The van der Waals surface area contributed by atoms with E-state index in [1.165, 1.54) is 0 Å². The monoisotopic (exact) mass is 172 g/mol. The SMILES string of the molecule is CCOC(=O)Oc1n[nH]c(N)n1. The fraction of sp³-hybridized carbons (Fsp3) is 0.400. The maximum Gasteiger partial charge on any atom is 0.516 e. The van der Waals surface area contributed by atoms with Gasteiger partial charge in [0, 0.05) is 0 Å². The highest BCUT2D eigenvalue weighted by molar-refractivity contribution is 5.62. The van der Waals surface area contributed by atoms with Crippen molar-refractivity contribution >= 4 is 12.1 Å². The van der Waals surface area contributed by atoms with Crippen molar-refractivity contribution in [2.45, 2.75) is 6.92 Å². The number of carbonyl (C=O) groups excluding carboxylic acids is 1. The number of nitrogen functional groups attached to an aromatic ring is 1. The third-order valence-electron chi connectivity index (χ3n) is 0.919. The number of aromatic amines is 1. The first-order chi connectivity index (χ1) is 5.72. The smallest absolute Gasteiger partial charge is 0.434 e. The van der Waals surface area contributed by atoms with Crippen molar-refractivity contribution in [3.63, 3.8) is 0 Å². The molecule has 0 amide bonds. The van der Waals surface area contributed by atoms with Crippen LogP contribution in [-0.4, -0.2) is 27.9 Å². The number of anilines is 1. The van der Waals surface area contributed by atoms with Gasteiger partial charge in [0.25, 0.3) is 0 Å². The summed E-state index contributed by atoms with van der Waals surface area (Å²) in [7, 11) is 0. The lowest BCUT2D eigenvalue weighted by Crippen LogP contribution is -2.10. The van der Waals surface area contributed by atoms with E-state index < -0.39 is 6.16 Å². The normalized spacial score (nSPS) is 9.42. The first-order valence-corrected chi connectivity index (χ1v) is 3.25. The first-order valence-electron chi connectivity index (χ1n) is 3.25. The van der Waals surface area contributed by atoms with E-state index in [9.17, 15) is 4.79 Å². The molecular formula is C5H8N4O3. The van der Waals surface area contributed by atoms with E-state index >= 15 is 0 Å². The lowest BCUT2D eigenvalue weighted by molar-refractivity contribution is 0.101. The fourth-order valence-electron chi connectivity index (χ4n) is 0.526. The maximum absolute atomic E-state index is 10.6. The topological polar surface area (TPSA) is 103 Å². The molecule has 1 aromatic heterocycles. The van der Waals surface area contributed by atoms with Crippen LogP contribution in [0.15, 0.2) is 0 Å². The minimum Gasteiger partial charge on any atom is -0.434 e. The summed E-state index contributed by atoms with van der Waals surface area (Å²) >= 11 is 0. The lowest BCUT2D eigenvalue weighted by Gasteiger charge is -1.97. The molecule has 66 valence electrons. The van der Waals surface area contributed by atoms with Crippen LogP contribution < -0.4 is 10.5 Å². The molecular weight excluding hydrogens is 164 g/mol. The molecule has 3 N–H and O–H groups in total. The number of ether oxygens (including phenoxy) is 2. The summed E-state index contributed by atoms with van der Waals surface area (Å²) in [5, 5.41) is 5.75. The summed E-state index contributed by atoms with van der Waals surface area (Å²) in [5.74, 6) is 0.0781. The van der Waals surface area contributed by atoms with E-state index in [0.29, 0.717) is 0 Å². The second kappa shape index (κ2) is 3.56. The van der Waals surface area contributed by atoms with E-state index in [-0.39, 0.29) is 18.6 Å². The van der Waals surface area contributed by atoms with Crippen LogP contribution in [0.3, 0.4) is 0 Å². The van der Waals surface area contributed by atoms with E-state index in [1.807, 2.05) is 0 Å². The molecule has 0 atom stereocenters. The van der Waals surface area contributed by atoms with Gasteiger partial charge in [-0.3, -0.25) is 0 Å². The zero-order chi connectivity index (χ0) is 8.97. The van der Waals surface area contributed by atoms with Gasteiger partial charge in [-0.1, -0.05) is 0 Å². The minimum absolute atomic E-state index is 0.0781. The zero-order valence-electron chi connectivity index (χ0n) is 6.40. The molecule has 0 unspecified atom stereocenters. The average molecular weight is 172 g/mol. The Bertz CT molecular complexity index is 271. The number of rotatable bonds is 2. The van der Waals surface area contributed by atoms with Crippen molar-refractivity contribution < 1.29 is 14.3 Å². The molecule has 0 saturated carbocycles.